The number of hydrogen-bond donors (Lipinski definition) is 2. The number of nitrogens with one attached hydrogen (secondary N) is 1. The molecule has 0 unspecified atom stereocenters. The topological polar surface area (TPSA) is 88.8 Å². The van der Waals surface area contributed by atoms with E-state index in [-0.39, 0.29) is 40.4 Å². The van der Waals surface area contributed by atoms with Gasteiger partial charge in [-0.1, -0.05) is 29.8 Å². The molecule has 0 bridgehead atoms. The van der Waals surface area contributed by atoms with Crippen LogP contribution in [0.5, 0.6) is 11.5 Å². The second kappa shape index (κ2) is 7.31. The highest BCUT2D eigenvalue weighted by atomic mass is 16.5. The van der Waals surface area contributed by atoms with Gasteiger partial charge in [0.25, 0.3) is 5.91 Å². The highest BCUT2D eigenvalue weighted by Gasteiger charge is 2.14. The number of benzene rings is 3. The minimum Gasteiger partial charge on any atom is -0.507 e. The third-order valence-corrected chi connectivity index (χ3v) is 4.66. The Morgan fingerprint density at radius 2 is 1.86 bits per heavy atom. The highest BCUT2D eigenvalue weighted by Crippen LogP contribution is 2.30. The zero-order chi connectivity index (χ0) is 20.5. The summed E-state index contributed by atoms with van der Waals surface area (Å²) in [6, 6.07) is 15.3. The zero-order valence-electron chi connectivity index (χ0n) is 16.0. The van der Waals surface area contributed by atoms with E-state index in [1.165, 1.54) is 12.1 Å². The largest absolute Gasteiger partial charge is 0.507 e. The first-order valence-electron chi connectivity index (χ1n) is 9.11. The summed E-state index contributed by atoms with van der Waals surface area (Å²) in [5.41, 5.74) is 3.06. The van der Waals surface area contributed by atoms with Crippen LogP contribution >= 0.6 is 0 Å². The number of phenols is 1. The maximum absolute atomic E-state index is 12.6. The Morgan fingerprint density at radius 3 is 2.66 bits per heavy atom. The Hall–Kier alpha value is -3.80. The monoisotopic (exact) mass is 389 g/mol. The van der Waals surface area contributed by atoms with E-state index in [1.807, 2.05) is 32.0 Å². The standard InChI is InChI=1S/C23H19NO5/c1-13-7-8-17(14(2)9-13)24-21(26)12-28-15-10-18(25)22-20(11-15)29-19-6-4-3-5-16(19)23(22)27/h3-11,25H,12H2,1-2H3,(H,24,26). The van der Waals surface area contributed by atoms with Gasteiger partial charge in [-0.05, 0) is 37.6 Å². The molecule has 1 amide bonds. The van der Waals surface area contributed by atoms with Gasteiger partial charge >= 0.3 is 0 Å². The molecule has 6 heteroatoms. The normalized spacial score (nSPS) is 11.0. The van der Waals surface area contributed by atoms with Gasteiger partial charge in [0.15, 0.2) is 6.61 Å². The molecule has 0 saturated carbocycles. The first kappa shape index (κ1) is 18.6. The van der Waals surface area contributed by atoms with Crippen molar-refractivity contribution in [1.29, 1.82) is 0 Å². The minimum absolute atomic E-state index is 0.0794. The number of amides is 1. The van der Waals surface area contributed by atoms with Gasteiger partial charge in [0.05, 0.1) is 5.39 Å². The van der Waals surface area contributed by atoms with Crippen molar-refractivity contribution in [2.75, 3.05) is 11.9 Å². The van der Waals surface area contributed by atoms with Crippen LogP contribution in [0.3, 0.4) is 0 Å². The van der Waals surface area contributed by atoms with Gasteiger partial charge in [-0.15, -0.1) is 0 Å². The zero-order valence-corrected chi connectivity index (χ0v) is 16.0. The third kappa shape index (κ3) is 3.65. The van der Waals surface area contributed by atoms with Gasteiger partial charge in [0, 0.05) is 17.8 Å². The summed E-state index contributed by atoms with van der Waals surface area (Å²) in [6.07, 6.45) is 0. The Labute approximate surface area is 166 Å². The molecule has 1 heterocycles. The van der Waals surface area contributed by atoms with Gasteiger partial charge in [0.2, 0.25) is 5.43 Å². The smallest absolute Gasteiger partial charge is 0.262 e. The van der Waals surface area contributed by atoms with Crippen molar-refractivity contribution in [2.45, 2.75) is 13.8 Å². The van der Waals surface area contributed by atoms with Crippen LogP contribution in [0, 0.1) is 13.8 Å². The van der Waals surface area contributed by atoms with Gasteiger partial charge < -0.3 is 19.6 Å². The van der Waals surface area contributed by atoms with Crippen molar-refractivity contribution in [3.63, 3.8) is 0 Å². The van der Waals surface area contributed by atoms with Crippen LogP contribution in [0.2, 0.25) is 0 Å². The highest BCUT2D eigenvalue weighted by molar-refractivity contribution is 5.94. The number of phenolic OH excluding ortho intramolecular Hbond substituents is 1. The first-order chi connectivity index (χ1) is 13.9. The molecule has 2 N–H and O–H groups in total. The van der Waals surface area contributed by atoms with E-state index in [0.29, 0.717) is 16.7 Å². The lowest BCUT2D eigenvalue weighted by Crippen LogP contribution is -2.20. The number of fused-ring (bicyclic) bond motifs is 2. The predicted octanol–water partition coefficient (Wildman–Crippen LogP) is 4.29. The van der Waals surface area contributed by atoms with E-state index >= 15 is 0 Å². The van der Waals surface area contributed by atoms with E-state index in [9.17, 15) is 14.7 Å². The van der Waals surface area contributed by atoms with Crippen molar-refractivity contribution < 1.29 is 19.1 Å². The fourth-order valence-electron chi connectivity index (χ4n) is 3.25. The number of carbonyl (C=O) groups excluding carboxylic acids is 1. The van der Waals surface area contributed by atoms with Crippen molar-refractivity contribution >= 4 is 33.5 Å². The summed E-state index contributed by atoms with van der Waals surface area (Å²) in [6.45, 7) is 3.64. The molecule has 4 rings (SSSR count). The molecule has 0 spiro atoms. The number of ether oxygens (including phenoxy) is 1. The molecule has 6 nitrogen and oxygen atoms in total. The Balaban J connectivity index is 1.57. The number of hydrogen-bond acceptors (Lipinski definition) is 5. The van der Waals surface area contributed by atoms with Gasteiger partial charge in [-0.3, -0.25) is 9.59 Å². The van der Waals surface area contributed by atoms with Crippen LogP contribution in [0.25, 0.3) is 21.9 Å². The van der Waals surface area contributed by atoms with E-state index in [4.69, 9.17) is 9.15 Å². The number of anilines is 1. The number of carbonyl (C=O) groups is 1. The second-order valence-electron chi connectivity index (χ2n) is 6.90. The summed E-state index contributed by atoms with van der Waals surface area (Å²) in [5.74, 6) is -0.368. The van der Waals surface area contributed by atoms with Crippen molar-refractivity contribution in [3.8, 4) is 11.5 Å². The van der Waals surface area contributed by atoms with Crippen LogP contribution in [0.4, 0.5) is 5.69 Å². The van der Waals surface area contributed by atoms with Crippen molar-refractivity contribution in [1.82, 2.24) is 0 Å². The molecule has 0 aliphatic rings. The predicted molar refractivity (Wildman–Crippen MR) is 112 cm³/mol. The van der Waals surface area contributed by atoms with Crippen LogP contribution in [0.1, 0.15) is 11.1 Å². The molecule has 4 aromatic rings. The Kier molecular flexibility index (Phi) is 4.68. The number of aromatic hydroxyl groups is 1. The van der Waals surface area contributed by atoms with E-state index in [2.05, 4.69) is 5.32 Å². The average molecular weight is 389 g/mol. The van der Waals surface area contributed by atoms with Gasteiger partial charge in [-0.2, -0.15) is 0 Å². The van der Waals surface area contributed by atoms with Crippen LogP contribution in [-0.4, -0.2) is 17.6 Å². The van der Waals surface area contributed by atoms with Crippen molar-refractivity contribution in [3.05, 3.63) is 75.9 Å². The molecular formula is C23H19NO5. The molecular weight excluding hydrogens is 370 g/mol. The van der Waals surface area contributed by atoms with Crippen LogP contribution in [-0.2, 0) is 4.79 Å². The maximum atomic E-state index is 12.6. The average Bonchev–Trinajstić information content (AvgIpc) is 2.68. The Morgan fingerprint density at radius 1 is 1.07 bits per heavy atom. The molecule has 0 aliphatic heterocycles. The Bertz CT molecular complexity index is 1310. The molecule has 0 fully saturated rings. The van der Waals surface area contributed by atoms with E-state index < -0.39 is 0 Å². The second-order valence-corrected chi connectivity index (χ2v) is 6.90. The SMILES string of the molecule is Cc1ccc(NC(=O)COc2cc(O)c3c(=O)c4ccccc4oc3c2)c(C)c1. The molecule has 0 radical (unpaired) electrons. The number of rotatable bonds is 4. The van der Waals surface area contributed by atoms with Crippen LogP contribution in [0.15, 0.2) is 63.8 Å². The van der Waals surface area contributed by atoms with Gasteiger partial charge in [0.1, 0.15) is 28.1 Å². The fourth-order valence-corrected chi connectivity index (χ4v) is 3.25. The molecule has 146 valence electrons. The number of aryl methyl sites for hydroxylation is 2. The van der Waals surface area contributed by atoms with Gasteiger partial charge in [-0.25, -0.2) is 0 Å². The summed E-state index contributed by atoms with van der Waals surface area (Å²) in [7, 11) is 0. The van der Waals surface area contributed by atoms with E-state index in [0.717, 1.165) is 11.1 Å². The lowest BCUT2D eigenvalue weighted by molar-refractivity contribution is -0.118. The lowest BCUT2D eigenvalue weighted by atomic mass is 10.1. The fraction of sp³-hybridized carbons (Fsp3) is 0.130. The quantitative estimate of drug-likeness (QED) is 0.509. The molecule has 1 aromatic heterocycles. The molecule has 0 aliphatic carbocycles. The molecule has 3 aromatic carbocycles. The molecule has 0 atom stereocenters. The van der Waals surface area contributed by atoms with Crippen molar-refractivity contribution in [2.24, 2.45) is 0 Å². The molecule has 0 saturated heterocycles. The maximum Gasteiger partial charge on any atom is 0.262 e. The van der Waals surface area contributed by atoms with Crippen LogP contribution < -0.4 is 15.5 Å². The summed E-state index contributed by atoms with van der Waals surface area (Å²) >= 11 is 0. The molecule has 29 heavy (non-hydrogen) atoms. The van der Waals surface area contributed by atoms with E-state index in [1.54, 1.807) is 24.3 Å². The number of para-hydroxylation sites is 1. The summed E-state index contributed by atoms with van der Waals surface area (Å²) in [4.78, 5) is 24.8. The first-order valence-corrected chi connectivity index (χ1v) is 9.11. The summed E-state index contributed by atoms with van der Waals surface area (Å²) in [5, 5.41) is 13.6. The summed E-state index contributed by atoms with van der Waals surface area (Å²) < 4.78 is 11.2. The lowest BCUT2D eigenvalue weighted by Gasteiger charge is -2.11. The minimum atomic E-state index is -0.337. The third-order valence-electron chi connectivity index (χ3n) is 4.66.